The van der Waals surface area contributed by atoms with Crippen LogP contribution in [0, 0.1) is 0 Å². The first-order chi connectivity index (χ1) is 18.8. The van der Waals surface area contributed by atoms with Gasteiger partial charge in [0.2, 0.25) is 23.6 Å². The molecular formula is C24H31N7O9. The van der Waals surface area contributed by atoms with E-state index in [9.17, 15) is 44.1 Å². The Balaban J connectivity index is 2.14. The number of aromatic amines is 1. The van der Waals surface area contributed by atoms with Crippen LogP contribution in [0.5, 0.6) is 5.75 Å². The number of carboxylic acids is 2. The Bertz CT molecular complexity index is 1200. The molecule has 4 atom stereocenters. The summed E-state index contributed by atoms with van der Waals surface area (Å²) in [5, 5.41) is 34.9. The van der Waals surface area contributed by atoms with Gasteiger partial charge in [0.25, 0.3) is 0 Å². The van der Waals surface area contributed by atoms with E-state index in [2.05, 4.69) is 25.9 Å². The fourth-order valence-corrected chi connectivity index (χ4v) is 3.56. The molecule has 4 unspecified atom stereocenters. The van der Waals surface area contributed by atoms with Gasteiger partial charge >= 0.3 is 11.9 Å². The number of nitrogens with zero attached hydrogens (tertiary/aromatic N) is 1. The number of phenols is 1. The summed E-state index contributed by atoms with van der Waals surface area (Å²) in [5.41, 5.74) is 12.1. The minimum absolute atomic E-state index is 0.00404. The average Bonchev–Trinajstić information content (AvgIpc) is 3.39. The molecule has 16 nitrogen and oxygen atoms in total. The number of carbonyl (C=O) groups excluding carboxylic acids is 4. The Morgan fingerprint density at radius 3 is 2.02 bits per heavy atom. The lowest BCUT2D eigenvalue weighted by atomic mass is 10.0. The van der Waals surface area contributed by atoms with Gasteiger partial charge in [-0.3, -0.25) is 24.0 Å². The number of aromatic nitrogens is 2. The van der Waals surface area contributed by atoms with Crippen molar-refractivity contribution in [3.8, 4) is 5.75 Å². The van der Waals surface area contributed by atoms with Gasteiger partial charge in [-0.15, -0.1) is 0 Å². The molecule has 216 valence electrons. The van der Waals surface area contributed by atoms with Gasteiger partial charge in [-0.25, -0.2) is 9.78 Å². The molecule has 0 aliphatic heterocycles. The number of carbonyl (C=O) groups is 6. The van der Waals surface area contributed by atoms with E-state index in [1.807, 2.05) is 0 Å². The number of carboxylic acid groups (broad SMARTS) is 2. The van der Waals surface area contributed by atoms with Crippen molar-refractivity contribution in [1.29, 1.82) is 0 Å². The van der Waals surface area contributed by atoms with Gasteiger partial charge in [0.1, 0.15) is 23.9 Å². The maximum Gasteiger partial charge on any atom is 0.326 e. The number of nitrogens with two attached hydrogens (primary N) is 2. The summed E-state index contributed by atoms with van der Waals surface area (Å²) in [5.74, 6) is -6.57. The van der Waals surface area contributed by atoms with Gasteiger partial charge in [-0.1, -0.05) is 12.1 Å². The van der Waals surface area contributed by atoms with Crippen molar-refractivity contribution >= 4 is 35.6 Å². The van der Waals surface area contributed by atoms with Crippen molar-refractivity contribution in [2.45, 2.75) is 56.3 Å². The van der Waals surface area contributed by atoms with Crippen LogP contribution in [-0.2, 0) is 41.6 Å². The van der Waals surface area contributed by atoms with Gasteiger partial charge in [0.05, 0.1) is 18.8 Å². The largest absolute Gasteiger partial charge is 0.508 e. The summed E-state index contributed by atoms with van der Waals surface area (Å²) in [6.07, 6.45) is 0.935. The van der Waals surface area contributed by atoms with E-state index >= 15 is 0 Å². The molecule has 1 aromatic heterocycles. The van der Waals surface area contributed by atoms with Gasteiger partial charge in [0.15, 0.2) is 0 Å². The second-order valence-electron chi connectivity index (χ2n) is 8.88. The summed E-state index contributed by atoms with van der Waals surface area (Å²) in [6, 6.07) is 0.0479. The number of H-pyrrole nitrogens is 1. The number of rotatable bonds is 16. The molecule has 0 aliphatic carbocycles. The quantitative estimate of drug-likeness (QED) is 0.103. The summed E-state index contributed by atoms with van der Waals surface area (Å²) in [4.78, 5) is 79.4. The van der Waals surface area contributed by atoms with Crippen LogP contribution in [-0.4, -0.2) is 85.0 Å². The van der Waals surface area contributed by atoms with Crippen molar-refractivity contribution < 1.29 is 44.1 Å². The molecule has 4 amide bonds. The molecule has 0 aliphatic rings. The monoisotopic (exact) mass is 561 g/mol. The Labute approximate surface area is 227 Å². The Kier molecular flexibility index (Phi) is 11.6. The van der Waals surface area contributed by atoms with Crippen LogP contribution in [0.15, 0.2) is 36.8 Å². The van der Waals surface area contributed by atoms with Crippen LogP contribution in [0.25, 0.3) is 0 Å². The molecule has 0 saturated heterocycles. The first-order valence-electron chi connectivity index (χ1n) is 12.0. The van der Waals surface area contributed by atoms with Crippen LogP contribution in [0.3, 0.4) is 0 Å². The maximum atomic E-state index is 13.0. The topological polar surface area (TPSA) is 280 Å². The van der Waals surface area contributed by atoms with E-state index in [4.69, 9.17) is 11.5 Å². The number of amides is 4. The van der Waals surface area contributed by atoms with Gasteiger partial charge in [-0.2, -0.15) is 0 Å². The molecule has 0 spiro atoms. The highest BCUT2D eigenvalue weighted by atomic mass is 16.4. The number of benzene rings is 1. The zero-order chi connectivity index (χ0) is 29.8. The summed E-state index contributed by atoms with van der Waals surface area (Å²) < 4.78 is 0. The highest BCUT2D eigenvalue weighted by Gasteiger charge is 2.32. The standard InChI is InChI=1S/C24H31N7O9/c25-15(7-12-1-3-14(32)4-2-12)21(36)30-17(9-20(34)35)23(38)29-16(5-6-19(26)33)22(37)31-18(24(39)40)8-13-10-27-11-28-13/h1-4,10-11,15-18,32H,5-9,25H2,(H2,26,33)(H,27,28)(H,29,38)(H,30,36)(H,31,37)(H,34,35)(H,39,40). The molecule has 0 bridgehead atoms. The number of imidazole rings is 1. The van der Waals surface area contributed by atoms with Crippen molar-refractivity contribution in [3.63, 3.8) is 0 Å². The molecule has 1 aromatic carbocycles. The van der Waals surface area contributed by atoms with E-state index in [1.165, 1.54) is 36.8 Å². The zero-order valence-corrected chi connectivity index (χ0v) is 21.2. The third-order valence-corrected chi connectivity index (χ3v) is 5.65. The third kappa shape index (κ3) is 10.4. The molecule has 1 heterocycles. The van der Waals surface area contributed by atoms with Crippen molar-refractivity contribution in [2.24, 2.45) is 11.5 Å². The first-order valence-corrected chi connectivity index (χ1v) is 12.0. The maximum absolute atomic E-state index is 13.0. The van der Waals surface area contributed by atoms with Crippen LogP contribution in [0.4, 0.5) is 0 Å². The molecule has 2 rings (SSSR count). The number of aliphatic carboxylic acids is 2. The lowest BCUT2D eigenvalue weighted by molar-refractivity contribution is -0.143. The highest BCUT2D eigenvalue weighted by molar-refractivity contribution is 5.96. The minimum atomic E-state index is -1.67. The van der Waals surface area contributed by atoms with Gasteiger partial charge < -0.3 is 47.7 Å². The predicted octanol–water partition coefficient (Wildman–Crippen LogP) is -2.49. The van der Waals surface area contributed by atoms with Crippen LogP contribution >= 0.6 is 0 Å². The molecule has 16 heteroatoms. The van der Waals surface area contributed by atoms with E-state index in [0.29, 0.717) is 11.3 Å². The van der Waals surface area contributed by atoms with Crippen LogP contribution in [0.1, 0.15) is 30.5 Å². The van der Waals surface area contributed by atoms with Crippen molar-refractivity contribution in [2.75, 3.05) is 0 Å². The fraction of sp³-hybridized carbons (Fsp3) is 0.375. The molecule has 0 fully saturated rings. The van der Waals surface area contributed by atoms with Gasteiger partial charge in [0, 0.05) is 24.7 Å². The number of phenolic OH excluding ortho intramolecular Hbond substituents is 1. The van der Waals surface area contributed by atoms with Crippen LogP contribution < -0.4 is 27.4 Å². The average molecular weight is 562 g/mol. The van der Waals surface area contributed by atoms with E-state index in [0.717, 1.165) is 0 Å². The van der Waals surface area contributed by atoms with Crippen molar-refractivity contribution in [1.82, 2.24) is 25.9 Å². The Morgan fingerprint density at radius 2 is 1.48 bits per heavy atom. The molecule has 0 radical (unpaired) electrons. The number of hydrogen-bond acceptors (Lipinski definition) is 9. The number of hydrogen-bond donors (Lipinski definition) is 9. The number of primary amides is 1. The summed E-state index contributed by atoms with van der Waals surface area (Å²) in [7, 11) is 0. The normalized spacial score (nSPS) is 13.7. The lowest BCUT2D eigenvalue weighted by Gasteiger charge is -2.24. The second-order valence-corrected chi connectivity index (χ2v) is 8.88. The number of aromatic hydroxyl groups is 1. The summed E-state index contributed by atoms with van der Waals surface area (Å²) in [6.45, 7) is 0. The van der Waals surface area contributed by atoms with Crippen LogP contribution in [0.2, 0.25) is 0 Å². The predicted molar refractivity (Wildman–Crippen MR) is 136 cm³/mol. The molecule has 2 aromatic rings. The summed E-state index contributed by atoms with van der Waals surface area (Å²) >= 11 is 0. The van der Waals surface area contributed by atoms with Crippen molar-refractivity contribution in [3.05, 3.63) is 48.0 Å². The lowest BCUT2D eigenvalue weighted by Crippen LogP contribution is -2.58. The minimum Gasteiger partial charge on any atom is -0.508 e. The zero-order valence-electron chi connectivity index (χ0n) is 21.2. The SMILES string of the molecule is NC(=O)CCC(NC(=O)C(CC(=O)O)NC(=O)C(N)Cc1ccc(O)cc1)C(=O)NC(Cc1cnc[nH]1)C(=O)O. The smallest absolute Gasteiger partial charge is 0.326 e. The molecular weight excluding hydrogens is 530 g/mol. The third-order valence-electron chi connectivity index (χ3n) is 5.65. The van der Waals surface area contributed by atoms with E-state index in [-0.39, 0.29) is 31.4 Å². The Hall–Kier alpha value is -4.99. The Morgan fingerprint density at radius 1 is 0.875 bits per heavy atom. The van der Waals surface area contributed by atoms with Gasteiger partial charge in [-0.05, 0) is 30.5 Å². The second kappa shape index (κ2) is 14.8. The van der Waals surface area contributed by atoms with E-state index in [1.54, 1.807) is 0 Å². The highest BCUT2D eigenvalue weighted by Crippen LogP contribution is 2.11. The fourth-order valence-electron chi connectivity index (χ4n) is 3.56. The molecule has 40 heavy (non-hydrogen) atoms. The molecule has 11 N–H and O–H groups in total. The number of nitrogens with one attached hydrogen (secondary N) is 4. The molecule has 0 saturated carbocycles. The first kappa shape index (κ1) is 31.2. The van der Waals surface area contributed by atoms with E-state index < -0.39 is 66.2 Å².